The van der Waals surface area contributed by atoms with Crippen LogP contribution in [0, 0.1) is 6.92 Å². The summed E-state index contributed by atoms with van der Waals surface area (Å²) in [6, 6.07) is 12.8. The van der Waals surface area contributed by atoms with Gasteiger partial charge in [-0.15, -0.1) is 0 Å². The van der Waals surface area contributed by atoms with Gasteiger partial charge in [-0.25, -0.2) is 0 Å². The second kappa shape index (κ2) is 9.88. The molecule has 0 radical (unpaired) electrons. The summed E-state index contributed by atoms with van der Waals surface area (Å²) in [6.45, 7) is 4.03. The fraction of sp³-hybridized carbons (Fsp3) is 0.300. The summed E-state index contributed by atoms with van der Waals surface area (Å²) in [4.78, 5) is 26.1. The minimum Gasteiger partial charge on any atom is -0.348 e. The molecule has 2 rings (SSSR count). The number of carbonyl (C=O) groups is 2. The summed E-state index contributed by atoms with van der Waals surface area (Å²) in [6.07, 6.45) is 0. The van der Waals surface area contributed by atoms with Gasteiger partial charge in [0, 0.05) is 15.2 Å². The summed E-state index contributed by atoms with van der Waals surface area (Å²) in [5.41, 5.74) is 2.58. The highest BCUT2D eigenvalue weighted by Crippen LogP contribution is 2.22. The van der Waals surface area contributed by atoms with Crippen LogP contribution in [0.4, 0.5) is 5.69 Å². The molecule has 7 heteroatoms. The molecule has 1 atom stereocenters. The molecule has 0 saturated heterocycles. The van der Waals surface area contributed by atoms with Crippen LogP contribution in [-0.2, 0) is 9.59 Å². The zero-order valence-corrected chi connectivity index (χ0v) is 17.9. The van der Waals surface area contributed by atoms with Crippen LogP contribution in [0.5, 0.6) is 0 Å². The van der Waals surface area contributed by atoms with Crippen LogP contribution in [0.2, 0.25) is 5.02 Å². The van der Waals surface area contributed by atoms with E-state index in [1.807, 2.05) is 50.2 Å². The largest absolute Gasteiger partial charge is 0.348 e. The number of carbonyl (C=O) groups excluding carboxylic acids is 2. The maximum absolute atomic E-state index is 12.2. The Balaban J connectivity index is 1.83. The third kappa shape index (κ3) is 6.65. The van der Waals surface area contributed by atoms with Crippen molar-refractivity contribution in [1.29, 1.82) is 0 Å². The Morgan fingerprint density at radius 1 is 1.15 bits per heavy atom. The molecule has 0 fully saturated rings. The molecule has 0 unspecified atom stereocenters. The fourth-order valence-electron chi connectivity index (χ4n) is 2.69. The van der Waals surface area contributed by atoms with Crippen LogP contribution >= 0.6 is 27.5 Å². The van der Waals surface area contributed by atoms with Crippen molar-refractivity contribution < 1.29 is 9.59 Å². The second-order valence-corrected chi connectivity index (χ2v) is 7.81. The molecular weight excluding hydrogens is 430 g/mol. The van der Waals surface area contributed by atoms with Crippen LogP contribution < -0.4 is 10.6 Å². The van der Waals surface area contributed by atoms with Gasteiger partial charge in [0.25, 0.3) is 0 Å². The van der Waals surface area contributed by atoms with Crippen molar-refractivity contribution in [2.75, 3.05) is 25.5 Å². The van der Waals surface area contributed by atoms with E-state index in [-0.39, 0.29) is 30.9 Å². The SMILES string of the molecule is Cc1cc(Br)ccc1NC(=O)CN(C)CC(=O)N[C@H](C)c1ccccc1Cl. The topological polar surface area (TPSA) is 61.4 Å². The zero-order valence-electron chi connectivity index (χ0n) is 15.6. The first-order valence-electron chi connectivity index (χ1n) is 8.54. The molecule has 2 amide bonds. The number of rotatable bonds is 7. The fourth-order valence-corrected chi connectivity index (χ4v) is 3.47. The zero-order chi connectivity index (χ0) is 20.0. The number of anilines is 1. The number of halogens is 2. The highest BCUT2D eigenvalue weighted by atomic mass is 79.9. The Labute approximate surface area is 173 Å². The van der Waals surface area contributed by atoms with E-state index >= 15 is 0 Å². The summed E-state index contributed by atoms with van der Waals surface area (Å²) < 4.78 is 0.958. The Morgan fingerprint density at radius 2 is 1.81 bits per heavy atom. The quantitative estimate of drug-likeness (QED) is 0.663. The summed E-state index contributed by atoms with van der Waals surface area (Å²) in [5.74, 6) is -0.340. The average molecular weight is 453 g/mol. The van der Waals surface area contributed by atoms with Crippen LogP contribution in [-0.4, -0.2) is 36.9 Å². The van der Waals surface area contributed by atoms with Gasteiger partial charge in [-0.1, -0.05) is 45.7 Å². The second-order valence-electron chi connectivity index (χ2n) is 6.49. The number of hydrogen-bond acceptors (Lipinski definition) is 3. The maximum atomic E-state index is 12.2. The lowest BCUT2D eigenvalue weighted by Gasteiger charge is -2.20. The lowest BCUT2D eigenvalue weighted by molar-refractivity contribution is -0.123. The molecule has 0 bridgehead atoms. The molecule has 2 aromatic carbocycles. The van der Waals surface area contributed by atoms with Crippen molar-refractivity contribution in [3.05, 3.63) is 63.1 Å². The molecular formula is C20H23BrClN3O2. The standard InChI is InChI=1S/C20H23BrClN3O2/c1-13-10-15(21)8-9-18(13)24-20(27)12-25(3)11-19(26)23-14(2)16-6-4-5-7-17(16)22/h4-10,14H,11-12H2,1-3H3,(H,23,26)(H,24,27)/t14-/m1/s1. The molecule has 0 aliphatic carbocycles. The van der Waals surface area contributed by atoms with E-state index in [1.54, 1.807) is 18.0 Å². The predicted octanol–water partition coefficient (Wildman–Crippen LogP) is 4.16. The Morgan fingerprint density at radius 3 is 2.48 bits per heavy atom. The number of hydrogen-bond donors (Lipinski definition) is 2. The van der Waals surface area contributed by atoms with E-state index in [2.05, 4.69) is 26.6 Å². The van der Waals surface area contributed by atoms with Gasteiger partial charge in [0.15, 0.2) is 0 Å². The van der Waals surface area contributed by atoms with Gasteiger partial charge in [0.2, 0.25) is 11.8 Å². The first kappa shape index (κ1) is 21.4. The highest BCUT2D eigenvalue weighted by molar-refractivity contribution is 9.10. The van der Waals surface area contributed by atoms with Gasteiger partial charge in [0.05, 0.1) is 19.1 Å². The van der Waals surface area contributed by atoms with E-state index < -0.39 is 0 Å². The maximum Gasteiger partial charge on any atom is 0.238 e. The molecule has 0 heterocycles. The number of aryl methyl sites for hydroxylation is 1. The van der Waals surface area contributed by atoms with Crippen molar-refractivity contribution in [1.82, 2.24) is 10.2 Å². The molecule has 5 nitrogen and oxygen atoms in total. The van der Waals surface area contributed by atoms with Crippen LogP contribution in [0.25, 0.3) is 0 Å². The summed E-state index contributed by atoms with van der Waals surface area (Å²) in [7, 11) is 1.73. The Hall–Kier alpha value is -1.89. The van der Waals surface area contributed by atoms with E-state index in [4.69, 9.17) is 11.6 Å². The number of nitrogens with one attached hydrogen (secondary N) is 2. The van der Waals surface area contributed by atoms with Crippen molar-refractivity contribution >= 4 is 45.0 Å². The van der Waals surface area contributed by atoms with E-state index in [0.717, 1.165) is 21.3 Å². The monoisotopic (exact) mass is 451 g/mol. The third-order valence-corrected chi connectivity index (χ3v) is 4.88. The molecule has 0 aliphatic rings. The number of amides is 2. The molecule has 2 aromatic rings. The van der Waals surface area contributed by atoms with Gasteiger partial charge in [-0.05, 0) is 56.3 Å². The van der Waals surface area contributed by atoms with Gasteiger partial charge in [-0.3, -0.25) is 14.5 Å². The van der Waals surface area contributed by atoms with Crippen molar-refractivity contribution in [2.45, 2.75) is 19.9 Å². The lowest BCUT2D eigenvalue weighted by Crippen LogP contribution is -2.39. The van der Waals surface area contributed by atoms with E-state index in [1.165, 1.54) is 0 Å². The molecule has 0 aromatic heterocycles. The predicted molar refractivity (Wildman–Crippen MR) is 113 cm³/mol. The molecule has 2 N–H and O–H groups in total. The molecule has 27 heavy (non-hydrogen) atoms. The number of benzene rings is 2. The van der Waals surface area contributed by atoms with Crippen LogP contribution in [0.15, 0.2) is 46.9 Å². The molecule has 0 aliphatic heterocycles. The summed E-state index contributed by atoms with van der Waals surface area (Å²) in [5, 5.41) is 6.38. The first-order valence-corrected chi connectivity index (χ1v) is 9.71. The lowest BCUT2D eigenvalue weighted by atomic mass is 10.1. The molecule has 0 spiro atoms. The van der Waals surface area contributed by atoms with Crippen molar-refractivity contribution in [3.63, 3.8) is 0 Å². The minimum absolute atomic E-state index is 0.113. The average Bonchev–Trinajstić information content (AvgIpc) is 2.57. The van der Waals surface area contributed by atoms with E-state index in [0.29, 0.717) is 5.02 Å². The number of nitrogens with zero attached hydrogens (tertiary/aromatic N) is 1. The Bertz CT molecular complexity index is 829. The molecule has 144 valence electrons. The smallest absolute Gasteiger partial charge is 0.238 e. The minimum atomic E-state index is -0.209. The van der Waals surface area contributed by atoms with Gasteiger partial charge in [0.1, 0.15) is 0 Å². The van der Waals surface area contributed by atoms with Crippen LogP contribution in [0.1, 0.15) is 24.1 Å². The summed E-state index contributed by atoms with van der Waals surface area (Å²) >= 11 is 9.56. The van der Waals surface area contributed by atoms with Crippen molar-refractivity contribution in [2.24, 2.45) is 0 Å². The highest BCUT2D eigenvalue weighted by Gasteiger charge is 2.15. The van der Waals surface area contributed by atoms with Crippen molar-refractivity contribution in [3.8, 4) is 0 Å². The van der Waals surface area contributed by atoms with Gasteiger partial charge in [-0.2, -0.15) is 0 Å². The first-order chi connectivity index (χ1) is 12.8. The van der Waals surface area contributed by atoms with Crippen LogP contribution in [0.3, 0.4) is 0 Å². The van der Waals surface area contributed by atoms with E-state index in [9.17, 15) is 9.59 Å². The normalized spacial score (nSPS) is 11.9. The molecule has 0 saturated carbocycles. The Kier molecular flexibility index (Phi) is 7.83. The number of likely N-dealkylation sites (N-methyl/N-ethyl adjacent to an activating group) is 1. The third-order valence-electron chi connectivity index (χ3n) is 4.04. The van der Waals surface area contributed by atoms with Gasteiger partial charge < -0.3 is 10.6 Å². The van der Waals surface area contributed by atoms with Gasteiger partial charge >= 0.3 is 0 Å².